The topological polar surface area (TPSA) is 104 Å². The van der Waals surface area contributed by atoms with Crippen LogP contribution in [0.3, 0.4) is 0 Å². The van der Waals surface area contributed by atoms with Gasteiger partial charge in [-0.15, -0.1) is 0 Å². The Kier molecular flexibility index (Phi) is 7.03. The van der Waals surface area contributed by atoms with Gasteiger partial charge in [0.15, 0.2) is 23.0 Å². The minimum atomic E-state index is -3.75. The highest BCUT2D eigenvalue weighted by Gasteiger charge is 2.32. The summed E-state index contributed by atoms with van der Waals surface area (Å²) in [6.07, 6.45) is 0.735. The number of ether oxygens (including phenoxy) is 5. The molecule has 0 N–H and O–H groups in total. The van der Waals surface area contributed by atoms with Gasteiger partial charge in [0.1, 0.15) is 0 Å². The maximum absolute atomic E-state index is 13.2. The molecule has 2 heterocycles. The average molecular weight is 493 g/mol. The number of piperazine rings is 1. The molecule has 10 nitrogen and oxygen atoms in total. The number of carbonyl (C=O) groups is 1. The molecule has 0 unspecified atom stereocenters. The summed E-state index contributed by atoms with van der Waals surface area (Å²) in [7, 11) is 0.705. The Hall–Kier alpha value is -3.18. The monoisotopic (exact) mass is 492 g/mol. The maximum atomic E-state index is 13.2. The van der Waals surface area contributed by atoms with Gasteiger partial charge in [-0.3, -0.25) is 4.79 Å². The fourth-order valence-electron chi connectivity index (χ4n) is 3.97. The van der Waals surface area contributed by atoms with E-state index >= 15 is 0 Å². The summed E-state index contributed by atoms with van der Waals surface area (Å²) in [6.45, 7) is 1.84. The standard InChI is InChI=1S/C23H28N2O8S/c1-29-20-13-16(14-21(30-2)22(20)31-3)23(26)24-7-9-25(10-8-24)34(27,28)17-5-6-18-19(15-17)33-12-4-11-32-18/h5-6,13-15H,4,7-12H2,1-3H3. The molecule has 0 atom stereocenters. The lowest BCUT2D eigenvalue weighted by Gasteiger charge is -2.34. The Morgan fingerprint density at radius 1 is 0.853 bits per heavy atom. The Bertz CT molecular complexity index is 1130. The fourth-order valence-corrected chi connectivity index (χ4v) is 5.41. The first kappa shape index (κ1) is 24.0. The van der Waals surface area contributed by atoms with Gasteiger partial charge >= 0.3 is 0 Å². The van der Waals surface area contributed by atoms with Crippen LogP contribution in [0.2, 0.25) is 0 Å². The summed E-state index contributed by atoms with van der Waals surface area (Å²) < 4.78 is 55.0. The van der Waals surface area contributed by atoms with Crippen LogP contribution in [0.4, 0.5) is 0 Å². The van der Waals surface area contributed by atoms with E-state index in [0.717, 1.165) is 6.42 Å². The van der Waals surface area contributed by atoms with Crippen LogP contribution in [0.5, 0.6) is 28.7 Å². The summed E-state index contributed by atoms with van der Waals surface area (Å²) in [5.74, 6) is 1.87. The van der Waals surface area contributed by atoms with Crippen molar-refractivity contribution in [2.45, 2.75) is 11.3 Å². The largest absolute Gasteiger partial charge is 0.493 e. The van der Waals surface area contributed by atoms with Gasteiger partial charge in [0.05, 0.1) is 39.4 Å². The molecule has 2 aromatic carbocycles. The van der Waals surface area contributed by atoms with Crippen molar-refractivity contribution in [3.8, 4) is 28.7 Å². The number of hydrogen-bond donors (Lipinski definition) is 0. The summed E-state index contributed by atoms with van der Waals surface area (Å²) in [4.78, 5) is 14.9. The predicted octanol–water partition coefficient (Wildman–Crippen LogP) is 2.02. The summed E-state index contributed by atoms with van der Waals surface area (Å²) in [5.41, 5.74) is 0.369. The van der Waals surface area contributed by atoms with E-state index in [0.29, 0.717) is 47.5 Å². The third-order valence-corrected chi connectivity index (χ3v) is 7.69. The second-order valence-electron chi connectivity index (χ2n) is 7.77. The van der Waals surface area contributed by atoms with Crippen molar-refractivity contribution in [2.24, 2.45) is 0 Å². The molecule has 1 fully saturated rings. The SMILES string of the molecule is COc1cc(C(=O)N2CCN(S(=O)(=O)c3ccc4c(c3)OCCCO4)CC2)cc(OC)c1OC. The van der Waals surface area contributed by atoms with Crippen LogP contribution in [-0.4, -0.2) is 84.3 Å². The zero-order valence-electron chi connectivity index (χ0n) is 19.4. The van der Waals surface area contributed by atoms with Crippen LogP contribution < -0.4 is 23.7 Å². The lowest BCUT2D eigenvalue weighted by Crippen LogP contribution is -2.50. The Morgan fingerprint density at radius 3 is 2.06 bits per heavy atom. The van der Waals surface area contributed by atoms with Crippen LogP contribution in [0.15, 0.2) is 35.2 Å². The maximum Gasteiger partial charge on any atom is 0.254 e. The molecule has 184 valence electrons. The molecule has 0 aliphatic carbocycles. The van der Waals surface area contributed by atoms with E-state index in [-0.39, 0.29) is 37.0 Å². The van der Waals surface area contributed by atoms with Crippen molar-refractivity contribution < 1.29 is 36.9 Å². The molecule has 2 aromatic rings. The average Bonchev–Trinajstić information content (AvgIpc) is 3.12. The number of sulfonamides is 1. The minimum Gasteiger partial charge on any atom is -0.493 e. The highest BCUT2D eigenvalue weighted by molar-refractivity contribution is 7.89. The normalized spacial score (nSPS) is 16.5. The molecule has 2 aliphatic heterocycles. The van der Waals surface area contributed by atoms with Gasteiger partial charge in [0, 0.05) is 44.2 Å². The number of carbonyl (C=O) groups excluding carboxylic acids is 1. The molecular weight excluding hydrogens is 464 g/mol. The first-order valence-corrected chi connectivity index (χ1v) is 12.3. The van der Waals surface area contributed by atoms with Crippen molar-refractivity contribution in [3.05, 3.63) is 35.9 Å². The van der Waals surface area contributed by atoms with E-state index in [1.807, 2.05) is 0 Å². The molecule has 0 radical (unpaired) electrons. The molecule has 4 rings (SSSR count). The Morgan fingerprint density at radius 2 is 1.47 bits per heavy atom. The van der Waals surface area contributed by atoms with Gasteiger partial charge in [0.25, 0.3) is 5.91 Å². The van der Waals surface area contributed by atoms with Crippen molar-refractivity contribution in [1.82, 2.24) is 9.21 Å². The number of rotatable bonds is 6. The number of methoxy groups -OCH3 is 3. The van der Waals surface area contributed by atoms with E-state index in [9.17, 15) is 13.2 Å². The van der Waals surface area contributed by atoms with Gasteiger partial charge in [-0.05, 0) is 24.3 Å². The molecule has 0 saturated carbocycles. The van der Waals surface area contributed by atoms with Crippen LogP contribution in [-0.2, 0) is 10.0 Å². The number of nitrogens with zero attached hydrogens (tertiary/aromatic N) is 2. The molecule has 0 aromatic heterocycles. The van der Waals surface area contributed by atoms with Crippen molar-refractivity contribution in [2.75, 3.05) is 60.7 Å². The Labute approximate surface area is 199 Å². The second kappa shape index (κ2) is 9.98. The third kappa shape index (κ3) is 4.58. The number of fused-ring (bicyclic) bond motifs is 1. The number of benzene rings is 2. The van der Waals surface area contributed by atoms with Gasteiger partial charge in [-0.2, -0.15) is 4.31 Å². The molecule has 0 bridgehead atoms. The quantitative estimate of drug-likeness (QED) is 0.603. The molecular formula is C23H28N2O8S. The Balaban J connectivity index is 1.48. The smallest absolute Gasteiger partial charge is 0.254 e. The predicted molar refractivity (Wildman–Crippen MR) is 123 cm³/mol. The highest BCUT2D eigenvalue weighted by atomic mass is 32.2. The summed E-state index contributed by atoms with van der Waals surface area (Å²) >= 11 is 0. The van der Waals surface area contributed by atoms with Crippen LogP contribution in [0.1, 0.15) is 16.8 Å². The molecule has 11 heteroatoms. The second-order valence-corrected chi connectivity index (χ2v) is 9.71. The van der Waals surface area contributed by atoms with Crippen molar-refractivity contribution >= 4 is 15.9 Å². The van der Waals surface area contributed by atoms with Gasteiger partial charge < -0.3 is 28.6 Å². The number of amides is 1. The number of hydrogen-bond acceptors (Lipinski definition) is 8. The van der Waals surface area contributed by atoms with E-state index in [1.54, 1.807) is 23.1 Å². The van der Waals surface area contributed by atoms with Crippen LogP contribution in [0, 0.1) is 0 Å². The zero-order chi connectivity index (χ0) is 24.3. The molecule has 1 saturated heterocycles. The first-order chi connectivity index (χ1) is 16.4. The zero-order valence-corrected chi connectivity index (χ0v) is 20.2. The highest BCUT2D eigenvalue weighted by Crippen LogP contribution is 2.38. The van der Waals surface area contributed by atoms with E-state index in [4.69, 9.17) is 23.7 Å². The van der Waals surface area contributed by atoms with Gasteiger partial charge in [0.2, 0.25) is 15.8 Å². The summed E-state index contributed by atoms with van der Waals surface area (Å²) in [6, 6.07) is 7.83. The van der Waals surface area contributed by atoms with E-state index < -0.39 is 10.0 Å². The van der Waals surface area contributed by atoms with Crippen LogP contribution >= 0.6 is 0 Å². The first-order valence-electron chi connectivity index (χ1n) is 10.9. The van der Waals surface area contributed by atoms with Gasteiger partial charge in [-0.1, -0.05) is 0 Å². The molecule has 2 aliphatic rings. The van der Waals surface area contributed by atoms with Crippen molar-refractivity contribution in [1.29, 1.82) is 0 Å². The van der Waals surface area contributed by atoms with Crippen LogP contribution in [0.25, 0.3) is 0 Å². The molecule has 0 spiro atoms. The fraction of sp³-hybridized carbons (Fsp3) is 0.435. The minimum absolute atomic E-state index is 0.140. The van der Waals surface area contributed by atoms with E-state index in [1.165, 1.54) is 37.8 Å². The van der Waals surface area contributed by atoms with Crippen molar-refractivity contribution in [3.63, 3.8) is 0 Å². The van der Waals surface area contributed by atoms with E-state index in [2.05, 4.69) is 0 Å². The lowest BCUT2D eigenvalue weighted by molar-refractivity contribution is 0.0697. The third-order valence-electron chi connectivity index (χ3n) is 5.79. The van der Waals surface area contributed by atoms with Gasteiger partial charge in [-0.25, -0.2) is 8.42 Å². The molecule has 34 heavy (non-hydrogen) atoms. The lowest BCUT2D eigenvalue weighted by atomic mass is 10.1. The molecule has 1 amide bonds. The summed E-state index contributed by atoms with van der Waals surface area (Å²) in [5, 5.41) is 0.